The van der Waals surface area contributed by atoms with Crippen LogP contribution in [0.3, 0.4) is 0 Å². The number of nitriles is 1. The Morgan fingerprint density at radius 2 is 2.00 bits per heavy atom. The fourth-order valence-corrected chi connectivity index (χ4v) is 3.37. The van der Waals surface area contributed by atoms with Crippen molar-refractivity contribution in [2.45, 2.75) is 13.8 Å². The largest absolute Gasteiger partial charge is 0.492 e. The first kappa shape index (κ1) is 14.8. The zero-order valence-corrected chi connectivity index (χ0v) is 11.8. The van der Waals surface area contributed by atoms with Gasteiger partial charge in [0.2, 0.25) is 9.05 Å². The number of halogens is 1. The van der Waals surface area contributed by atoms with Crippen molar-refractivity contribution in [2.24, 2.45) is 5.41 Å². The van der Waals surface area contributed by atoms with E-state index < -0.39 is 14.5 Å². The van der Waals surface area contributed by atoms with Crippen LogP contribution in [0.15, 0.2) is 24.3 Å². The van der Waals surface area contributed by atoms with Gasteiger partial charge in [-0.3, -0.25) is 0 Å². The summed E-state index contributed by atoms with van der Waals surface area (Å²) >= 11 is 0. The van der Waals surface area contributed by atoms with Crippen LogP contribution in [-0.2, 0) is 9.05 Å². The molecule has 0 saturated carbocycles. The van der Waals surface area contributed by atoms with Crippen molar-refractivity contribution in [3.8, 4) is 11.8 Å². The van der Waals surface area contributed by atoms with Crippen molar-refractivity contribution in [2.75, 3.05) is 12.4 Å². The van der Waals surface area contributed by atoms with Gasteiger partial charge in [0.1, 0.15) is 11.8 Å². The average Bonchev–Trinajstić information content (AvgIpc) is 2.23. The third-order valence-electron chi connectivity index (χ3n) is 2.19. The number of ether oxygens (including phenoxy) is 1. The Bertz CT molecular complexity index is 561. The van der Waals surface area contributed by atoms with Crippen molar-refractivity contribution in [1.29, 1.82) is 5.26 Å². The van der Waals surface area contributed by atoms with Crippen LogP contribution < -0.4 is 4.74 Å². The Balaban J connectivity index is 2.74. The molecule has 0 radical (unpaired) electrons. The molecule has 0 aromatic heterocycles. The summed E-state index contributed by atoms with van der Waals surface area (Å²) in [6, 6.07) is 8.81. The molecular weight excluding hydrogens is 274 g/mol. The van der Waals surface area contributed by atoms with Gasteiger partial charge in [0.15, 0.2) is 0 Å². The maximum atomic E-state index is 11.0. The summed E-state index contributed by atoms with van der Waals surface area (Å²) in [4.78, 5) is 0. The van der Waals surface area contributed by atoms with E-state index in [9.17, 15) is 8.42 Å². The lowest BCUT2D eigenvalue weighted by atomic mass is 9.98. The summed E-state index contributed by atoms with van der Waals surface area (Å²) < 4.78 is 27.6. The Labute approximate surface area is 112 Å². The van der Waals surface area contributed by atoms with Crippen LogP contribution in [-0.4, -0.2) is 20.8 Å². The van der Waals surface area contributed by atoms with E-state index in [1.165, 1.54) is 0 Å². The molecule has 6 heteroatoms. The van der Waals surface area contributed by atoms with Gasteiger partial charge >= 0.3 is 0 Å². The van der Waals surface area contributed by atoms with Crippen molar-refractivity contribution < 1.29 is 13.2 Å². The van der Waals surface area contributed by atoms with Crippen LogP contribution in [0, 0.1) is 16.7 Å². The molecule has 18 heavy (non-hydrogen) atoms. The van der Waals surface area contributed by atoms with Crippen LogP contribution in [0.5, 0.6) is 5.75 Å². The lowest BCUT2D eigenvalue weighted by molar-refractivity contribution is 0.200. The normalized spacial score (nSPS) is 11.9. The van der Waals surface area contributed by atoms with Crippen LogP contribution in [0.4, 0.5) is 0 Å². The molecule has 0 aliphatic carbocycles. The molecule has 0 atom stereocenters. The number of nitrogens with zero attached hydrogens (tertiary/aromatic N) is 1. The van der Waals surface area contributed by atoms with E-state index in [1.54, 1.807) is 38.1 Å². The van der Waals surface area contributed by atoms with E-state index >= 15 is 0 Å². The highest BCUT2D eigenvalue weighted by atomic mass is 35.7. The zero-order chi connectivity index (χ0) is 13.8. The number of para-hydroxylation sites is 1. The summed E-state index contributed by atoms with van der Waals surface area (Å²) in [5, 5.41) is 8.89. The number of hydrogen-bond acceptors (Lipinski definition) is 4. The SMILES string of the molecule is CC(C)(COc1ccccc1C#N)CS(=O)(=O)Cl. The van der Waals surface area contributed by atoms with Gasteiger partial charge in [0.05, 0.1) is 17.9 Å². The first-order valence-corrected chi connectivity index (χ1v) is 7.76. The highest BCUT2D eigenvalue weighted by Gasteiger charge is 2.26. The van der Waals surface area contributed by atoms with E-state index in [2.05, 4.69) is 0 Å². The lowest BCUT2D eigenvalue weighted by Gasteiger charge is -2.23. The van der Waals surface area contributed by atoms with E-state index in [0.29, 0.717) is 11.3 Å². The van der Waals surface area contributed by atoms with Crippen molar-refractivity contribution in [3.63, 3.8) is 0 Å². The number of hydrogen-bond donors (Lipinski definition) is 0. The third-order valence-corrected chi connectivity index (χ3v) is 3.64. The second kappa shape index (κ2) is 5.59. The fourth-order valence-electron chi connectivity index (χ4n) is 1.47. The molecule has 1 aromatic carbocycles. The van der Waals surface area contributed by atoms with Crippen molar-refractivity contribution in [3.05, 3.63) is 29.8 Å². The minimum atomic E-state index is -3.57. The smallest absolute Gasteiger partial charge is 0.233 e. The molecule has 0 heterocycles. The van der Waals surface area contributed by atoms with Gasteiger partial charge in [-0.25, -0.2) is 8.42 Å². The molecule has 0 unspecified atom stereocenters. The maximum absolute atomic E-state index is 11.0. The van der Waals surface area contributed by atoms with Crippen molar-refractivity contribution in [1.82, 2.24) is 0 Å². The molecular formula is C12H14ClNO3S. The van der Waals surface area contributed by atoms with E-state index in [4.69, 9.17) is 20.7 Å². The molecule has 0 amide bonds. The number of benzene rings is 1. The average molecular weight is 288 g/mol. The Morgan fingerprint density at radius 1 is 1.39 bits per heavy atom. The lowest BCUT2D eigenvalue weighted by Crippen LogP contribution is -2.28. The van der Waals surface area contributed by atoms with Crippen LogP contribution >= 0.6 is 10.7 Å². The van der Waals surface area contributed by atoms with Gasteiger partial charge in [-0.1, -0.05) is 26.0 Å². The second-order valence-electron chi connectivity index (χ2n) is 4.74. The first-order chi connectivity index (χ1) is 8.23. The Kier molecular flexibility index (Phi) is 4.60. The minimum Gasteiger partial charge on any atom is -0.492 e. The molecule has 0 N–H and O–H groups in total. The summed E-state index contributed by atoms with van der Waals surface area (Å²) in [5.41, 5.74) is -0.203. The van der Waals surface area contributed by atoms with Gasteiger partial charge in [-0.15, -0.1) is 0 Å². The summed E-state index contributed by atoms with van der Waals surface area (Å²) in [6.07, 6.45) is 0. The Morgan fingerprint density at radius 3 is 2.56 bits per heavy atom. The maximum Gasteiger partial charge on any atom is 0.233 e. The summed E-state index contributed by atoms with van der Waals surface area (Å²) in [5.74, 6) is 0.260. The van der Waals surface area contributed by atoms with Gasteiger partial charge in [0.25, 0.3) is 0 Å². The molecule has 0 aliphatic rings. The number of rotatable bonds is 5. The van der Waals surface area contributed by atoms with E-state index in [1.807, 2.05) is 6.07 Å². The predicted octanol–water partition coefficient (Wildman–Crippen LogP) is 2.53. The topological polar surface area (TPSA) is 67.2 Å². The first-order valence-electron chi connectivity index (χ1n) is 5.28. The van der Waals surface area contributed by atoms with E-state index in [-0.39, 0.29) is 12.4 Å². The van der Waals surface area contributed by atoms with Gasteiger partial charge < -0.3 is 4.74 Å². The highest BCUT2D eigenvalue weighted by Crippen LogP contribution is 2.24. The predicted molar refractivity (Wildman–Crippen MR) is 70.1 cm³/mol. The highest BCUT2D eigenvalue weighted by molar-refractivity contribution is 8.13. The van der Waals surface area contributed by atoms with Crippen LogP contribution in [0.25, 0.3) is 0 Å². The molecule has 1 rings (SSSR count). The Hall–Kier alpha value is -1.25. The van der Waals surface area contributed by atoms with Crippen LogP contribution in [0.2, 0.25) is 0 Å². The van der Waals surface area contributed by atoms with E-state index in [0.717, 1.165) is 0 Å². The monoisotopic (exact) mass is 287 g/mol. The molecule has 1 aromatic rings. The molecule has 4 nitrogen and oxygen atoms in total. The second-order valence-corrected chi connectivity index (χ2v) is 7.52. The summed E-state index contributed by atoms with van der Waals surface area (Å²) in [6.45, 7) is 3.64. The zero-order valence-electron chi connectivity index (χ0n) is 10.2. The molecule has 0 fully saturated rings. The molecule has 0 spiro atoms. The van der Waals surface area contributed by atoms with Gasteiger partial charge in [-0.05, 0) is 12.1 Å². The molecule has 0 bridgehead atoms. The fraction of sp³-hybridized carbons (Fsp3) is 0.417. The quantitative estimate of drug-likeness (QED) is 0.781. The molecule has 0 saturated heterocycles. The summed E-state index contributed by atoms with van der Waals surface area (Å²) in [7, 11) is 1.65. The molecule has 0 aliphatic heterocycles. The third kappa shape index (κ3) is 4.94. The van der Waals surface area contributed by atoms with Gasteiger partial charge in [-0.2, -0.15) is 5.26 Å². The standard InChI is InChI=1S/C12H14ClNO3S/c1-12(2,9-18(13,15)16)8-17-11-6-4-3-5-10(11)7-14/h3-6H,8-9H2,1-2H3. The minimum absolute atomic E-state index is 0.164. The van der Waals surface area contributed by atoms with Crippen molar-refractivity contribution >= 4 is 19.7 Å². The molecule has 98 valence electrons. The van der Waals surface area contributed by atoms with Gasteiger partial charge in [0, 0.05) is 16.1 Å². The van der Waals surface area contributed by atoms with Crippen LogP contribution in [0.1, 0.15) is 19.4 Å².